The molecule has 1 amide bonds. The highest BCUT2D eigenvalue weighted by Gasteiger charge is 2.39. The molecule has 1 aromatic heterocycles. The van der Waals surface area contributed by atoms with Crippen LogP contribution < -0.4 is 10.1 Å². The van der Waals surface area contributed by atoms with Gasteiger partial charge in [-0.2, -0.15) is 13.2 Å². The van der Waals surface area contributed by atoms with Crippen molar-refractivity contribution < 1.29 is 22.7 Å². The van der Waals surface area contributed by atoms with E-state index in [1.54, 1.807) is 36.5 Å². The zero-order chi connectivity index (χ0) is 16.3. The minimum atomic E-state index is -4.93. The Hall–Kier alpha value is -2.09. The Morgan fingerprint density at radius 1 is 1.32 bits per heavy atom. The molecule has 0 aliphatic heterocycles. The van der Waals surface area contributed by atoms with E-state index in [9.17, 15) is 18.0 Å². The van der Waals surface area contributed by atoms with Crippen LogP contribution >= 0.6 is 11.3 Å². The van der Waals surface area contributed by atoms with E-state index in [-0.39, 0.29) is 5.13 Å². The fourth-order valence-electron chi connectivity index (χ4n) is 1.76. The average molecular weight is 330 g/mol. The normalized spacial score (nSPS) is 11.3. The quantitative estimate of drug-likeness (QED) is 0.921. The van der Waals surface area contributed by atoms with Crippen molar-refractivity contribution in [3.8, 4) is 17.0 Å². The lowest BCUT2D eigenvalue weighted by molar-refractivity contribution is -0.167. The molecule has 0 radical (unpaired) electrons. The highest BCUT2D eigenvalue weighted by atomic mass is 32.1. The molecule has 0 saturated carbocycles. The second-order valence-corrected chi connectivity index (χ2v) is 5.54. The zero-order valence-electron chi connectivity index (χ0n) is 11.8. The number of nitrogens with zero attached hydrogens (tertiary/aromatic N) is 1. The molecule has 118 valence electrons. The number of aryl methyl sites for hydroxylation is 1. The second kappa shape index (κ2) is 6.35. The van der Waals surface area contributed by atoms with Gasteiger partial charge in [0.2, 0.25) is 0 Å². The third-order valence-electron chi connectivity index (χ3n) is 2.71. The van der Waals surface area contributed by atoms with Gasteiger partial charge in [0.1, 0.15) is 5.75 Å². The Balaban J connectivity index is 2.21. The first-order valence-electron chi connectivity index (χ1n) is 6.40. The molecule has 1 aromatic carbocycles. The largest absolute Gasteiger partial charge is 0.494 e. The first kappa shape index (κ1) is 16.3. The molecule has 0 saturated heterocycles. The fraction of sp³-hybridized carbons (Fsp3) is 0.286. The summed E-state index contributed by atoms with van der Waals surface area (Å²) < 4.78 is 42.0. The molecule has 0 aliphatic rings. The maximum absolute atomic E-state index is 12.2. The average Bonchev–Trinajstić information content (AvgIpc) is 2.80. The Bertz CT molecular complexity index is 666. The summed E-state index contributed by atoms with van der Waals surface area (Å²) in [7, 11) is 0. The summed E-state index contributed by atoms with van der Waals surface area (Å²) in [6.07, 6.45) is -4.93. The van der Waals surface area contributed by atoms with Crippen molar-refractivity contribution in [1.82, 2.24) is 4.98 Å². The van der Waals surface area contributed by atoms with Gasteiger partial charge in [-0.15, -0.1) is 11.3 Å². The SMILES string of the molecule is CCOc1ccc(-c2nc(NC(=O)C(F)(F)F)sc2C)cc1. The Labute approximate surface area is 128 Å². The monoisotopic (exact) mass is 330 g/mol. The molecule has 0 fully saturated rings. The summed E-state index contributed by atoms with van der Waals surface area (Å²) in [6, 6.07) is 7.04. The first-order valence-corrected chi connectivity index (χ1v) is 7.21. The molecule has 1 heterocycles. The third-order valence-corrected chi connectivity index (χ3v) is 3.60. The van der Waals surface area contributed by atoms with Gasteiger partial charge in [0.25, 0.3) is 0 Å². The van der Waals surface area contributed by atoms with Crippen LogP contribution in [-0.2, 0) is 4.79 Å². The second-order valence-electron chi connectivity index (χ2n) is 4.33. The van der Waals surface area contributed by atoms with Crippen LogP contribution in [0.2, 0.25) is 0 Å². The molecule has 0 atom stereocenters. The predicted molar refractivity (Wildman–Crippen MR) is 78.1 cm³/mol. The van der Waals surface area contributed by atoms with Crippen LogP contribution in [0.15, 0.2) is 24.3 Å². The topological polar surface area (TPSA) is 51.2 Å². The van der Waals surface area contributed by atoms with E-state index in [2.05, 4.69) is 4.98 Å². The summed E-state index contributed by atoms with van der Waals surface area (Å²) in [5.74, 6) is -1.33. The smallest absolute Gasteiger partial charge is 0.471 e. The summed E-state index contributed by atoms with van der Waals surface area (Å²) >= 11 is 0.994. The van der Waals surface area contributed by atoms with Crippen molar-refractivity contribution in [3.63, 3.8) is 0 Å². The van der Waals surface area contributed by atoms with E-state index in [0.717, 1.165) is 16.9 Å². The van der Waals surface area contributed by atoms with Gasteiger partial charge >= 0.3 is 12.1 Å². The van der Waals surface area contributed by atoms with Crippen molar-refractivity contribution in [2.24, 2.45) is 0 Å². The number of carbonyl (C=O) groups excluding carboxylic acids is 1. The van der Waals surface area contributed by atoms with Crippen molar-refractivity contribution in [2.45, 2.75) is 20.0 Å². The van der Waals surface area contributed by atoms with E-state index in [1.807, 2.05) is 6.92 Å². The zero-order valence-corrected chi connectivity index (χ0v) is 12.6. The number of alkyl halides is 3. The number of rotatable bonds is 4. The van der Waals surface area contributed by atoms with Gasteiger partial charge in [-0.05, 0) is 38.1 Å². The lowest BCUT2D eigenvalue weighted by Crippen LogP contribution is -2.29. The number of hydrogen-bond acceptors (Lipinski definition) is 4. The number of halogens is 3. The summed E-state index contributed by atoms with van der Waals surface area (Å²) in [5, 5.41) is 1.68. The summed E-state index contributed by atoms with van der Waals surface area (Å²) in [6.45, 7) is 4.14. The molecule has 8 heteroatoms. The fourth-order valence-corrected chi connectivity index (χ4v) is 2.59. The van der Waals surface area contributed by atoms with Gasteiger partial charge in [0.15, 0.2) is 5.13 Å². The van der Waals surface area contributed by atoms with Crippen LogP contribution in [0.3, 0.4) is 0 Å². The highest BCUT2D eigenvalue weighted by molar-refractivity contribution is 7.16. The Morgan fingerprint density at radius 3 is 2.50 bits per heavy atom. The van der Waals surface area contributed by atoms with Crippen molar-refractivity contribution in [2.75, 3.05) is 11.9 Å². The molecular weight excluding hydrogens is 317 g/mol. The number of benzene rings is 1. The number of amides is 1. The number of anilines is 1. The standard InChI is InChI=1S/C14H13F3N2O2S/c1-3-21-10-6-4-9(5-7-10)11-8(2)22-13(18-11)19-12(20)14(15,16)17/h4-7H,3H2,1-2H3,(H,18,19,20). The van der Waals surface area contributed by atoms with Crippen LogP contribution in [0.5, 0.6) is 5.75 Å². The van der Waals surface area contributed by atoms with Crippen molar-refractivity contribution in [1.29, 1.82) is 0 Å². The van der Waals surface area contributed by atoms with Gasteiger partial charge < -0.3 is 4.74 Å². The molecule has 0 aliphatic carbocycles. The van der Waals surface area contributed by atoms with Crippen LogP contribution in [0.1, 0.15) is 11.8 Å². The number of aromatic nitrogens is 1. The lowest BCUT2D eigenvalue weighted by atomic mass is 10.1. The molecule has 2 rings (SSSR count). The number of hydrogen-bond donors (Lipinski definition) is 1. The number of carbonyl (C=O) groups is 1. The number of nitrogens with one attached hydrogen (secondary N) is 1. The molecule has 0 bridgehead atoms. The van der Waals surface area contributed by atoms with Crippen molar-refractivity contribution >= 4 is 22.4 Å². The molecule has 0 unspecified atom stereocenters. The van der Waals surface area contributed by atoms with E-state index >= 15 is 0 Å². The van der Waals surface area contributed by atoms with Crippen LogP contribution in [0, 0.1) is 6.92 Å². The highest BCUT2D eigenvalue weighted by Crippen LogP contribution is 2.32. The van der Waals surface area contributed by atoms with Crippen LogP contribution in [0.25, 0.3) is 11.3 Å². The first-order chi connectivity index (χ1) is 10.3. The van der Waals surface area contributed by atoms with Gasteiger partial charge in [-0.25, -0.2) is 4.98 Å². The molecule has 0 spiro atoms. The predicted octanol–water partition coefficient (Wildman–Crippen LogP) is 4.02. The van der Waals surface area contributed by atoms with E-state index in [0.29, 0.717) is 22.9 Å². The van der Waals surface area contributed by atoms with Gasteiger partial charge in [0, 0.05) is 10.4 Å². The summed E-state index contributed by atoms with van der Waals surface area (Å²) in [5.41, 5.74) is 1.27. The molecular formula is C14H13F3N2O2S. The Kier molecular flexibility index (Phi) is 4.70. The maximum atomic E-state index is 12.2. The minimum Gasteiger partial charge on any atom is -0.494 e. The molecule has 4 nitrogen and oxygen atoms in total. The minimum absolute atomic E-state index is 0.0799. The number of thiazole rings is 1. The van der Waals surface area contributed by atoms with Gasteiger partial charge in [0.05, 0.1) is 12.3 Å². The number of ether oxygens (including phenoxy) is 1. The molecule has 2 aromatic rings. The van der Waals surface area contributed by atoms with Gasteiger partial charge in [-0.3, -0.25) is 10.1 Å². The Morgan fingerprint density at radius 2 is 1.95 bits per heavy atom. The summed E-state index contributed by atoms with van der Waals surface area (Å²) in [4.78, 5) is 15.7. The van der Waals surface area contributed by atoms with E-state index in [1.165, 1.54) is 0 Å². The van der Waals surface area contributed by atoms with Crippen LogP contribution in [0.4, 0.5) is 18.3 Å². The van der Waals surface area contributed by atoms with E-state index in [4.69, 9.17) is 4.74 Å². The van der Waals surface area contributed by atoms with Crippen LogP contribution in [-0.4, -0.2) is 23.7 Å². The van der Waals surface area contributed by atoms with Gasteiger partial charge in [-0.1, -0.05) is 0 Å². The molecule has 22 heavy (non-hydrogen) atoms. The lowest BCUT2D eigenvalue weighted by Gasteiger charge is -2.05. The maximum Gasteiger partial charge on any atom is 0.471 e. The third kappa shape index (κ3) is 3.76. The molecule has 1 N–H and O–H groups in total. The van der Waals surface area contributed by atoms with Crippen molar-refractivity contribution in [3.05, 3.63) is 29.1 Å². The van der Waals surface area contributed by atoms with E-state index < -0.39 is 12.1 Å².